The summed E-state index contributed by atoms with van der Waals surface area (Å²) in [6.07, 6.45) is 23.7. The Morgan fingerprint density at radius 1 is 0.706 bits per heavy atom. The Labute approximate surface area is 408 Å². The number of aromatic nitrogens is 1. The van der Waals surface area contributed by atoms with Crippen molar-refractivity contribution in [3.05, 3.63) is 125 Å². The predicted octanol–water partition coefficient (Wildman–Crippen LogP) is 11.4. The second kappa shape index (κ2) is 24.2. The summed E-state index contributed by atoms with van der Waals surface area (Å²) in [5.41, 5.74) is 11.1. The number of benzene rings is 2. The maximum absolute atomic E-state index is 7.62. The zero-order valence-corrected chi connectivity index (χ0v) is 42.9. The molecule has 0 N–H and O–H groups in total. The van der Waals surface area contributed by atoms with Gasteiger partial charge in [0.2, 0.25) is 5.69 Å². The van der Waals surface area contributed by atoms with E-state index in [9.17, 15) is 0 Å². The van der Waals surface area contributed by atoms with Crippen LogP contribution in [0.2, 0.25) is 0 Å². The van der Waals surface area contributed by atoms with Gasteiger partial charge in [-0.2, -0.15) is 4.58 Å². The third-order valence-electron chi connectivity index (χ3n) is 14.6. The van der Waals surface area contributed by atoms with Crippen molar-refractivity contribution in [2.24, 2.45) is 5.92 Å². The average molecular weight is 932 g/mol. The number of aryl methyl sites for hydroxylation is 1. The van der Waals surface area contributed by atoms with E-state index in [2.05, 4.69) is 141 Å². The van der Waals surface area contributed by atoms with Crippen molar-refractivity contribution >= 4 is 17.1 Å². The molecule has 0 spiro atoms. The third kappa shape index (κ3) is 11.8. The molecule has 2 aliphatic heterocycles. The van der Waals surface area contributed by atoms with Gasteiger partial charge in [-0.1, -0.05) is 39.2 Å². The van der Waals surface area contributed by atoms with E-state index in [0.29, 0.717) is 45.6 Å². The lowest BCUT2D eigenvalue weighted by Gasteiger charge is -2.32. The lowest BCUT2D eigenvalue weighted by Crippen LogP contribution is -2.33. The van der Waals surface area contributed by atoms with E-state index in [4.69, 9.17) is 33.2 Å². The highest BCUT2D eigenvalue weighted by Crippen LogP contribution is 2.50. The fourth-order valence-corrected chi connectivity index (χ4v) is 10.8. The van der Waals surface area contributed by atoms with Crippen molar-refractivity contribution < 1.29 is 42.3 Å². The number of hydrogen-bond donors (Lipinski definition) is 0. The maximum atomic E-state index is 7.62. The number of rotatable bonds is 25. The Morgan fingerprint density at radius 2 is 1.37 bits per heavy atom. The van der Waals surface area contributed by atoms with Crippen molar-refractivity contribution in [3.63, 3.8) is 0 Å². The molecule has 68 heavy (non-hydrogen) atoms. The topological polar surface area (TPSA) is 74.7 Å². The molecule has 0 radical (unpaired) electrons. The van der Waals surface area contributed by atoms with Gasteiger partial charge in [0.25, 0.3) is 0 Å². The number of ether oxygens (including phenoxy) is 7. The number of methoxy groups -OCH3 is 3. The molecule has 368 valence electrons. The van der Waals surface area contributed by atoms with Crippen LogP contribution in [-0.2, 0) is 41.1 Å². The molecule has 10 nitrogen and oxygen atoms in total. The number of pyridine rings is 1. The van der Waals surface area contributed by atoms with Gasteiger partial charge in [0, 0.05) is 91.4 Å². The standard InChI is InChI=1S/C58H81N3O7/c1-10-60-51-25-23-47(63-8)41-49(51)57(3,4)53(60)27-21-44-19-20-45(22-28-54-58(5,6)50-42-48(64-9)24-26-52(50)61(54)11-2)56(44)68-55(43-17-13-12-14-18-43)46-29-32-59(33-30-46)31-15-35-65-37-39-67-40-38-66-36-16-34-62-7/h21-30,32-33,41-43,55H,10-20,31,34-40H2,1-9H3/q+2. The van der Waals surface area contributed by atoms with E-state index < -0.39 is 0 Å². The minimum absolute atomic E-state index is 0.0530. The Kier molecular flexibility index (Phi) is 18.2. The maximum Gasteiger partial charge on any atom is 0.210 e. The molecule has 3 aromatic rings. The Balaban J connectivity index is 1.14. The van der Waals surface area contributed by atoms with Gasteiger partial charge < -0.3 is 38.1 Å². The first-order chi connectivity index (χ1) is 33.0. The van der Waals surface area contributed by atoms with E-state index in [1.807, 2.05) is 0 Å². The molecule has 2 aromatic carbocycles. The SMILES string of the molecule is CCN1/C(=C/C=C2\CCC(/C=C/C3=[N+](CC)c4ccc(OC)cc4C3(C)C)=C2OC(c2cc[n+](CCCOCCOCCOCCCOC)cc2)C2CCCCC2)C(C)(C)c2cc(OC)ccc21. The zero-order chi connectivity index (χ0) is 48.1. The highest BCUT2D eigenvalue weighted by atomic mass is 16.5. The quantitative estimate of drug-likeness (QED) is 0.0614. The number of fused-ring (bicyclic) bond motifs is 2. The number of allylic oxidation sites excluding steroid dienone is 7. The molecule has 0 amide bonds. The molecule has 2 aliphatic carbocycles. The van der Waals surface area contributed by atoms with Crippen LogP contribution in [0.1, 0.15) is 122 Å². The molecular formula is C58H81N3O7+2. The Hall–Kier alpha value is -4.74. The van der Waals surface area contributed by atoms with Crippen molar-refractivity contribution in [1.82, 2.24) is 0 Å². The van der Waals surface area contributed by atoms with Crippen LogP contribution in [0.5, 0.6) is 11.5 Å². The van der Waals surface area contributed by atoms with Gasteiger partial charge in [-0.05, 0) is 119 Å². The molecule has 1 aromatic heterocycles. The summed E-state index contributed by atoms with van der Waals surface area (Å²) in [6, 6.07) is 17.6. The number of nitrogens with zero attached hydrogens (tertiary/aromatic N) is 3. The van der Waals surface area contributed by atoms with Gasteiger partial charge in [-0.3, -0.25) is 0 Å². The van der Waals surface area contributed by atoms with Gasteiger partial charge in [-0.15, -0.1) is 0 Å². The molecule has 0 bridgehead atoms. The first-order valence-corrected chi connectivity index (χ1v) is 25.6. The van der Waals surface area contributed by atoms with Gasteiger partial charge in [0.1, 0.15) is 29.9 Å². The largest absolute Gasteiger partial charge is 0.497 e. The number of likely N-dealkylation sites (N-methyl/N-ethyl adjacent to an activating group) is 1. The third-order valence-corrected chi connectivity index (χ3v) is 14.6. The molecule has 1 atom stereocenters. The minimum Gasteiger partial charge on any atom is -0.497 e. The summed E-state index contributed by atoms with van der Waals surface area (Å²) < 4.78 is 45.9. The lowest BCUT2D eigenvalue weighted by molar-refractivity contribution is -0.697. The second-order valence-electron chi connectivity index (χ2n) is 19.7. The number of hydrogen-bond acceptors (Lipinski definition) is 8. The zero-order valence-electron chi connectivity index (χ0n) is 42.9. The van der Waals surface area contributed by atoms with Crippen LogP contribution in [0.3, 0.4) is 0 Å². The molecular weight excluding hydrogens is 851 g/mol. The average Bonchev–Trinajstić information content (AvgIpc) is 3.92. The van der Waals surface area contributed by atoms with E-state index in [-0.39, 0.29) is 16.9 Å². The van der Waals surface area contributed by atoms with Gasteiger partial charge in [-0.25, -0.2) is 4.57 Å². The normalized spacial score (nSPS) is 19.5. The monoisotopic (exact) mass is 932 g/mol. The summed E-state index contributed by atoms with van der Waals surface area (Å²) in [4.78, 5) is 2.46. The van der Waals surface area contributed by atoms with E-state index in [0.717, 1.165) is 69.2 Å². The van der Waals surface area contributed by atoms with Crippen LogP contribution in [0.15, 0.2) is 108 Å². The van der Waals surface area contributed by atoms with Crippen molar-refractivity contribution in [3.8, 4) is 11.5 Å². The van der Waals surface area contributed by atoms with Crippen molar-refractivity contribution in [2.45, 2.75) is 123 Å². The van der Waals surface area contributed by atoms with E-state index >= 15 is 0 Å². The van der Waals surface area contributed by atoms with Gasteiger partial charge in [0.05, 0.1) is 52.7 Å². The lowest BCUT2D eigenvalue weighted by atomic mass is 9.81. The van der Waals surface area contributed by atoms with Crippen LogP contribution < -0.4 is 18.9 Å². The highest BCUT2D eigenvalue weighted by molar-refractivity contribution is 6.03. The van der Waals surface area contributed by atoms with E-state index in [1.54, 1.807) is 21.3 Å². The van der Waals surface area contributed by atoms with Crippen molar-refractivity contribution in [1.29, 1.82) is 0 Å². The predicted molar refractivity (Wildman–Crippen MR) is 273 cm³/mol. The van der Waals surface area contributed by atoms with Crippen LogP contribution in [-0.4, -0.2) is 91.0 Å². The summed E-state index contributed by atoms with van der Waals surface area (Å²) in [5, 5.41) is 0. The summed E-state index contributed by atoms with van der Waals surface area (Å²) in [5.74, 6) is 3.26. The molecule has 0 saturated heterocycles. The second-order valence-corrected chi connectivity index (χ2v) is 19.7. The first-order valence-electron chi connectivity index (χ1n) is 25.6. The fraction of sp³-hybridized carbons (Fsp3) is 0.552. The Bertz CT molecular complexity index is 2300. The minimum atomic E-state index is -0.195. The number of anilines is 1. The summed E-state index contributed by atoms with van der Waals surface area (Å²) in [7, 11) is 5.21. The van der Waals surface area contributed by atoms with Crippen LogP contribution >= 0.6 is 0 Å². The molecule has 1 saturated carbocycles. The molecule has 1 unspecified atom stereocenters. The summed E-state index contributed by atoms with van der Waals surface area (Å²) >= 11 is 0. The summed E-state index contributed by atoms with van der Waals surface area (Å²) in [6.45, 7) is 20.9. The van der Waals surface area contributed by atoms with Crippen LogP contribution in [0.4, 0.5) is 11.4 Å². The molecule has 3 heterocycles. The van der Waals surface area contributed by atoms with Gasteiger partial charge >= 0.3 is 0 Å². The van der Waals surface area contributed by atoms with Crippen LogP contribution in [0, 0.1) is 5.92 Å². The molecule has 4 aliphatic rings. The first kappa shape index (κ1) is 51.1. The molecule has 1 fully saturated rings. The molecule has 10 heteroatoms. The van der Waals surface area contributed by atoms with E-state index in [1.165, 1.54) is 82.7 Å². The highest BCUT2D eigenvalue weighted by Gasteiger charge is 2.44. The molecule has 7 rings (SSSR count). The van der Waals surface area contributed by atoms with Crippen molar-refractivity contribution in [2.75, 3.05) is 85.6 Å². The van der Waals surface area contributed by atoms with Crippen LogP contribution in [0.25, 0.3) is 0 Å². The smallest absolute Gasteiger partial charge is 0.210 e. The van der Waals surface area contributed by atoms with Gasteiger partial charge in [0.15, 0.2) is 24.7 Å². The fourth-order valence-electron chi connectivity index (χ4n) is 10.8. The Morgan fingerprint density at radius 3 is 2.03 bits per heavy atom.